The van der Waals surface area contributed by atoms with E-state index in [9.17, 15) is 13.2 Å². The van der Waals surface area contributed by atoms with Crippen LogP contribution in [0.25, 0.3) is 0 Å². The molecule has 6 heteroatoms. The van der Waals surface area contributed by atoms with Crippen molar-refractivity contribution in [3.63, 3.8) is 0 Å². The molecule has 19 heavy (non-hydrogen) atoms. The summed E-state index contributed by atoms with van der Waals surface area (Å²) in [6.45, 7) is 5.50. The fourth-order valence-electron chi connectivity index (χ4n) is 1.51. The molecule has 0 bridgehead atoms. The number of carbonyl (C=O) groups excluding carboxylic acids is 1. The molecule has 0 saturated heterocycles. The van der Waals surface area contributed by atoms with Gasteiger partial charge in [-0.2, -0.15) is 4.72 Å². The highest BCUT2D eigenvalue weighted by Gasteiger charge is 2.25. The number of ether oxygens (including phenoxy) is 1. The molecule has 1 rings (SSSR count). The number of benzene rings is 1. The van der Waals surface area contributed by atoms with E-state index in [4.69, 9.17) is 4.74 Å². The molecule has 1 unspecified atom stereocenters. The van der Waals surface area contributed by atoms with Gasteiger partial charge in [-0.3, -0.25) is 4.79 Å². The number of nitrogens with one attached hydrogen (secondary N) is 1. The summed E-state index contributed by atoms with van der Waals surface area (Å²) in [5.41, 5.74) is 0.969. The summed E-state index contributed by atoms with van der Waals surface area (Å²) in [6.07, 6.45) is 0.337. The first-order valence-electron chi connectivity index (χ1n) is 6.16. The number of rotatable bonds is 6. The molecule has 0 radical (unpaired) electrons. The van der Waals surface area contributed by atoms with E-state index < -0.39 is 22.0 Å². The van der Waals surface area contributed by atoms with Gasteiger partial charge in [-0.05, 0) is 32.4 Å². The summed E-state index contributed by atoms with van der Waals surface area (Å²) in [6, 6.07) is 5.58. The molecular formula is C13H19NO4S. The Bertz CT molecular complexity index is 522. The average molecular weight is 285 g/mol. The lowest BCUT2D eigenvalue weighted by Gasteiger charge is -2.15. The highest BCUT2D eigenvalue weighted by molar-refractivity contribution is 7.89. The molecule has 0 saturated carbocycles. The Labute approximate surface area is 114 Å². The highest BCUT2D eigenvalue weighted by Crippen LogP contribution is 2.11. The first-order chi connectivity index (χ1) is 8.90. The van der Waals surface area contributed by atoms with Gasteiger partial charge in [0.25, 0.3) is 0 Å². The topological polar surface area (TPSA) is 72.5 Å². The first kappa shape index (κ1) is 15.7. The van der Waals surface area contributed by atoms with Crippen LogP contribution in [-0.2, 0) is 19.6 Å². The zero-order valence-corrected chi connectivity index (χ0v) is 12.2. The van der Waals surface area contributed by atoms with Gasteiger partial charge in [0.05, 0.1) is 11.5 Å². The molecule has 0 aliphatic rings. The number of sulfonamides is 1. The third kappa shape index (κ3) is 4.33. The normalized spacial score (nSPS) is 13.0. The van der Waals surface area contributed by atoms with Gasteiger partial charge >= 0.3 is 5.97 Å². The number of esters is 1. The van der Waals surface area contributed by atoms with Crippen molar-refractivity contribution in [3.05, 3.63) is 29.8 Å². The Kier molecular flexibility index (Phi) is 5.50. The van der Waals surface area contributed by atoms with E-state index >= 15 is 0 Å². The monoisotopic (exact) mass is 285 g/mol. The molecule has 1 N–H and O–H groups in total. The maximum absolute atomic E-state index is 12.1. The van der Waals surface area contributed by atoms with Gasteiger partial charge in [-0.1, -0.05) is 24.6 Å². The van der Waals surface area contributed by atoms with E-state index in [1.54, 1.807) is 26.0 Å². The van der Waals surface area contributed by atoms with Crippen molar-refractivity contribution in [2.75, 3.05) is 6.61 Å². The molecule has 0 aliphatic carbocycles. The van der Waals surface area contributed by atoms with E-state index in [1.165, 1.54) is 12.1 Å². The van der Waals surface area contributed by atoms with Crippen LogP contribution in [0, 0.1) is 6.92 Å². The fraction of sp³-hybridized carbons (Fsp3) is 0.462. The van der Waals surface area contributed by atoms with Crippen molar-refractivity contribution in [2.24, 2.45) is 0 Å². The molecule has 106 valence electrons. The largest absolute Gasteiger partial charge is 0.465 e. The SMILES string of the molecule is CCOC(=O)C(CC)NS(=O)(=O)c1ccc(C)cc1. The van der Waals surface area contributed by atoms with Crippen LogP contribution in [0.15, 0.2) is 29.2 Å². The summed E-state index contributed by atoms with van der Waals surface area (Å²) < 4.78 is 31.4. The van der Waals surface area contributed by atoms with Crippen LogP contribution < -0.4 is 4.72 Å². The Balaban J connectivity index is 2.89. The van der Waals surface area contributed by atoms with Crippen LogP contribution in [0.1, 0.15) is 25.8 Å². The number of hydrogen-bond acceptors (Lipinski definition) is 4. The van der Waals surface area contributed by atoms with Gasteiger partial charge in [0.2, 0.25) is 10.0 Å². The summed E-state index contributed by atoms with van der Waals surface area (Å²) in [5, 5.41) is 0. The predicted molar refractivity (Wildman–Crippen MR) is 72.2 cm³/mol. The fourth-order valence-corrected chi connectivity index (χ4v) is 2.78. The molecule has 0 heterocycles. The van der Waals surface area contributed by atoms with E-state index in [-0.39, 0.29) is 11.5 Å². The van der Waals surface area contributed by atoms with Crippen molar-refractivity contribution in [1.29, 1.82) is 0 Å². The second-order valence-corrected chi connectivity index (χ2v) is 5.86. The van der Waals surface area contributed by atoms with E-state index in [2.05, 4.69) is 4.72 Å². The molecule has 1 aromatic carbocycles. The second kappa shape index (κ2) is 6.68. The van der Waals surface area contributed by atoms with Crippen LogP contribution in [0.5, 0.6) is 0 Å². The van der Waals surface area contributed by atoms with Gasteiger partial charge in [0.15, 0.2) is 0 Å². The Morgan fingerprint density at radius 3 is 2.32 bits per heavy atom. The number of aryl methyl sites for hydroxylation is 1. The predicted octanol–water partition coefficient (Wildman–Crippen LogP) is 1.62. The zero-order valence-electron chi connectivity index (χ0n) is 11.3. The van der Waals surface area contributed by atoms with Crippen molar-refractivity contribution in [3.8, 4) is 0 Å². The summed E-state index contributed by atoms with van der Waals surface area (Å²) in [7, 11) is -3.70. The molecule has 0 spiro atoms. The Morgan fingerprint density at radius 1 is 1.26 bits per heavy atom. The smallest absolute Gasteiger partial charge is 0.324 e. The number of hydrogen-bond donors (Lipinski definition) is 1. The first-order valence-corrected chi connectivity index (χ1v) is 7.64. The highest BCUT2D eigenvalue weighted by atomic mass is 32.2. The van der Waals surface area contributed by atoms with Gasteiger partial charge < -0.3 is 4.74 Å². The van der Waals surface area contributed by atoms with Crippen LogP contribution in [-0.4, -0.2) is 27.0 Å². The standard InChI is InChI=1S/C13H19NO4S/c1-4-12(13(15)18-5-2)14-19(16,17)11-8-6-10(3)7-9-11/h6-9,12,14H,4-5H2,1-3H3. The Morgan fingerprint density at radius 2 is 1.84 bits per heavy atom. The van der Waals surface area contributed by atoms with E-state index in [0.29, 0.717) is 6.42 Å². The van der Waals surface area contributed by atoms with Gasteiger partial charge in [0.1, 0.15) is 6.04 Å². The molecular weight excluding hydrogens is 266 g/mol. The van der Waals surface area contributed by atoms with E-state index in [0.717, 1.165) is 5.56 Å². The minimum Gasteiger partial charge on any atom is -0.465 e. The average Bonchev–Trinajstić information content (AvgIpc) is 2.36. The summed E-state index contributed by atoms with van der Waals surface area (Å²) in [5.74, 6) is -0.555. The van der Waals surface area contributed by atoms with Crippen LogP contribution in [0.3, 0.4) is 0 Å². The lowest BCUT2D eigenvalue weighted by atomic mass is 10.2. The maximum atomic E-state index is 12.1. The molecule has 0 aliphatic heterocycles. The van der Waals surface area contributed by atoms with Gasteiger partial charge in [-0.25, -0.2) is 8.42 Å². The second-order valence-electron chi connectivity index (χ2n) is 4.15. The van der Waals surface area contributed by atoms with Crippen molar-refractivity contribution in [1.82, 2.24) is 4.72 Å². The zero-order chi connectivity index (χ0) is 14.5. The van der Waals surface area contributed by atoms with Gasteiger partial charge in [0, 0.05) is 0 Å². The molecule has 0 aromatic heterocycles. The lowest BCUT2D eigenvalue weighted by Crippen LogP contribution is -2.41. The minimum atomic E-state index is -3.70. The van der Waals surface area contributed by atoms with Gasteiger partial charge in [-0.15, -0.1) is 0 Å². The van der Waals surface area contributed by atoms with Crippen molar-refractivity contribution in [2.45, 2.75) is 38.1 Å². The van der Waals surface area contributed by atoms with Crippen molar-refractivity contribution < 1.29 is 17.9 Å². The maximum Gasteiger partial charge on any atom is 0.324 e. The van der Waals surface area contributed by atoms with Crippen molar-refractivity contribution >= 4 is 16.0 Å². The van der Waals surface area contributed by atoms with E-state index in [1.807, 2.05) is 6.92 Å². The molecule has 0 fully saturated rings. The third-order valence-corrected chi connectivity index (χ3v) is 4.10. The van der Waals surface area contributed by atoms with Crippen LogP contribution in [0.4, 0.5) is 0 Å². The van der Waals surface area contributed by atoms with Crippen LogP contribution >= 0.6 is 0 Å². The molecule has 0 amide bonds. The molecule has 1 aromatic rings. The third-order valence-electron chi connectivity index (χ3n) is 2.61. The summed E-state index contributed by atoms with van der Waals surface area (Å²) >= 11 is 0. The Hall–Kier alpha value is -1.40. The lowest BCUT2D eigenvalue weighted by molar-refractivity contribution is -0.145. The minimum absolute atomic E-state index is 0.140. The molecule has 5 nitrogen and oxygen atoms in total. The molecule has 1 atom stereocenters. The quantitative estimate of drug-likeness (QED) is 0.806. The van der Waals surface area contributed by atoms with Crippen LogP contribution in [0.2, 0.25) is 0 Å². The summed E-state index contributed by atoms with van der Waals surface area (Å²) in [4.78, 5) is 11.7. The number of carbonyl (C=O) groups is 1.